The fourth-order valence-electron chi connectivity index (χ4n) is 5.23. The Labute approximate surface area is 154 Å². The molecule has 2 bridgehead atoms. The Morgan fingerprint density at radius 1 is 1.24 bits per heavy atom. The second-order valence-electron chi connectivity index (χ2n) is 9.02. The van der Waals surface area contributed by atoms with Crippen LogP contribution in [0.4, 0.5) is 0 Å². The molecule has 134 valence electrons. The van der Waals surface area contributed by atoms with E-state index in [2.05, 4.69) is 30.8 Å². The van der Waals surface area contributed by atoms with E-state index in [0.29, 0.717) is 22.9 Å². The quantitative estimate of drug-likeness (QED) is 0.790. The molecule has 1 aromatic rings. The predicted molar refractivity (Wildman–Crippen MR) is 98.7 cm³/mol. The highest BCUT2D eigenvalue weighted by atomic mass is 35.5. The molecule has 4 nitrogen and oxygen atoms in total. The Morgan fingerprint density at radius 2 is 1.96 bits per heavy atom. The molecular weight excluding hydrogens is 336 g/mol. The first kappa shape index (κ1) is 16.9. The number of hydrogen-bond donors (Lipinski definition) is 0. The number of oxime groups is 1. The van der Waals surface area contributed by atoms with E-state index in [1.54, 1.807) is 0 Å². The Balaban J connectivity index is 1.46. The Hall–Kier alpha value is -1.55. The van der Waals surface area contributed by atoms with E-state index in [9.17, 15) is 4.79 Å². The van der Waals surface area contributed by atoms with Crippen molar-refractivity contribution in [2.45, 2.75) is 58.6 Å². The maximum atomic E-state index is 13.1. The highest BCUT2D eigenvalue weighted by molar-refractivity contribution is 6.30. The van der Waals surface area contributed by atoms with Gasteiger partial charge in [-0.25, -0.2) is 0 Å². The van der Waals surface area contributed by atoms with Crippen LogP contribution in [0.5, 0.6) is 0 Å². The topological polar surface area (TPSA) is 41.9 Å². The van der Waals surface area contributed by atoms with Crippen molar-refractivity contribution in [3.05, 3.63) is 34.9 Å². The molecule has 2 fully saturated rings. The molecule has 0 unspecified atom stereocenters. The molecule has 0 spiro atoms. The van der Waals surface area contributed by atoms with E-state index in [4.69, 9.17) is 16.4 Å². The van der Waals surface area contributed by atoms with Crippen LogP contribution in [0.2, 0.25) is 5.02 Å². The van der Waals surface area contributed by atoms with Crippen molar-refractivity contribution >= 4 is 23.2 Å². The number of carbonyl (C=O) groups excluding carboxylic acids is 1. The summed E-state index contributed by atoms with van der Waals surface area (Å²) in [5.74, 6) is 0.0964. The minimum Gasteiger partial charge on any atom is -0.382 e. The molecule has 0 radical (unpaired) electrons. The van der Waals surface area contributed by atoms with Gasteiger partial charge in [0, 0.05) is 24.0 Å². The van der Waals surface area contributed by atoms with Crippen LogP contribution in [0.1, 0.15) is 52.0 Å². The zero-order valence-electron chi connectivity index (χ0n) is 15.1. The third kappa shape index (κ3) is 3.17. The number of hydrogen-bond acceptors (Lipinski definition) is 3. The molecule has 1 saturated carbocycles. The summed E-state index contributed by atoms with van der Waals surface area (Å²) in [5.41, 5.74) is 2.33. The smallest absolute Gasteiger partial charge is 0.267 e. The van der Waals surface area contributed by atoms with Crippen molar-refractivity contribution in [3.8, 4) is 0 Å². The van der Waals surface area contributed by atoms with E-state index in [-0.39, 0.29) is 11.3 Å². The lowest BCUT2D eigenvalue weighted by Gasteiger charge is -2.39. The normalized spacial score (nSPS) is 33.1. The number of nitrogens with zero attached hydrogens (tertiary/aromatic N) is 2. The van der Waals surface area contributed by atoms with Crippen molar-refractivity contribution in [1.82, 2.24) is 4.90 Å². The van der Waals surface area contributed by atoms with Crippen molar-refractivity contribution in [2.75, 3.05) is 6.54 Å². The van der Waals surface area contributed by atoms with E-state index in [0.717, 1.165) is 30.7 Å². The van der Waals surface area contributed by atoms with Gasteiger partial charge in [-0.05, 0) is 47.8 Å². The van der Waals surface area contributed by atoms with E-state index >= 15 is 0 Å². The van der Waals surface area contributed by atoms with Crippen LogP contribution < -0.4 is 0 Å². The van der Waals surface area contributed by atoms with Gasteiger partial charge in [-0.2, -0.15) is 0 Å². The standard InChI is InChI=1S/C20H25ClN2O2/c1-19(2)9-15-10-20(3,11-19)12-23(15)18(24)17-8-16(22-25-17)13-4-6-14(21)7-5-13/h4-7,15,17H,8-12H2,1-3H3/t15-,17-,20-/m0/s1. The second kappa shape index (κ2) is 5.73. The van der Waals surface area contributed by atoms with Crippen LogP contribution in [-0.4, -0.2) is 35.2 Å². The van der Waals surface area contributed by atoms with Gasteiger partial charge in [0.05, 0.1) is 5.71 Å². The molecule has 0 aromatic heterocycles. The summed E-state index contributed by atoms with van der Waals surface area (Å²) in [6, 6.07) is 7.85. The van der Waals surface area contributed by atoms with E-state index in [1.165, 1.54) is 6.42 Å². The minimum absolute atomic E-state index is 0.0964. The Bertz CT molecular complexity index is 728. The zero-order chi connectivity index (χ0) is 17.8. The van der Waals surface area contributed by atoms with Gasteiger partial charge in [0.25, 0.3) is 5.91 Å². The average molecular weight is 361 g/mol. The number of amides is 1. The molecule has 1 aromatic carbocycles. The maximum Gasteiger partial charge on any atom is 0.267 e. The average Bonchev–Trinajstić information content (AvgIpc) is 3.09. The summed E-state index contributed by atoms with van der Waals surface area (Å²) in [6.07, 6.45) is 3.41. The first-order valence-corrected chi connectivity index (χ1v) is 9.42. The van der Waals surface area contributed by atoms with Gasteiger partial charge in [-0.3, -0.25) is 4.79 Å². The molecule has 1 aliphatic carbocycles. The van der Waals surface area contributed by atoms with Gasteiger partial charge < -0.3 is 9.74 Å². The summed E-state index contributed by atoms with van der Waals surface area (Å²) in [5, 5.41) is 4.86. The summed E-state index contributed by atoms with van der Waals surface area (Å²) in [7, 11) is 0. The highest BCUT2D eigenvalue weighted by Crippen LogP contribution is 2.52. The van der Waals surface area contributed by atoms with Crippen LogP contribution in [0.3, 0.4) is 0 Å². The lowest BCUT2D eigenvalue weighted by atomic mass is 9.65. The zero-order valence-corrected chi connectivity index (χ0v) is 15.8. The van der Waals surface area contributed by atoms with Crippen molar-refractivity contribution in [2.24, 2.45) is 16.0 Å². The van der Waals surface area contributed by atoms with E-state index in [1.807, 2.05) is 24.3 Å². The molecule has 0 N–H and O–H groups in total. The number of halogens is 1. The van der Waals surface area contributed by atoms with Crippen molar-refractivity contribution in [3.63, 3.8) is 0 Å². The van der Waals surface area contributed by atoms with Crippen molar-refractivity contribution in [1.29, 1.82) is 0 Å². The van der Waals surface area contributed by atoms with Crippen LogP contribution in [0, 0.1) is 10.8 Å². The predicted octanol–water partition coefficient (Wildman–Crippen LogP) is 4.26. The van der Waals surface area contributed by atoms with Crippen LogP contribution in [0.15, 0.2) is 29.4 Å². The molecule has 3 aliphatic rings. The first-order valence-electron chi connectivity index (χ1n) is 9.04. The summed E-state index contributed by atoms with van der Waals surface area (Å²) >= 11 is 5.94. The SMILES string of the molecule is CC1(C)C[C@H]2C[C@](C)(CN2C(=O)[C@@H]2CC(c3ccc(Cl)cc3)=NO2)C1. The van der Waals surface area contributed by atoms with Crippen molar-refractivity contribution < 1.29 is 9.63 Å². The fourth-order valence-corrected chi connectivity index (χ4v) is 5.35. The monoisotopic (exact) mass is 360 g/mol. The molecule has 25 heavy (non-hydrogen) atoms. The number of carbonyl (C=O) groups is 1. The third-order valence-corrected chi connectivity index (χ3v) is 6.07. The number of fused-ring (bicyclic) bond motifs is 2. The number of likely N-dealkylation sites (tertiary alicyclic amines) is 1. The summed E-state index contributed by atoms with van der Waals surface area (Å²) in [6.45, 7) is 7.80. The molecule has 1 saturated heterocycles. The molecule has 5 heteroatoms. The third-order valence-electron chi connectivity index (χ3n) is 5.82. The highest BCUT2D eigenvalue weighted by Gasteiger charge is 2.52. The van der Waals surface area contributed by atoms with Gasteiger partial charge in [0.2, 0.25) is 6.10 Å². The lowest BCUT2D eigenvalue weighted by Crippen LogP contribution is -2.43. The molecule has 1 amide bonds. The minimum atomic E-state index is -0.489. The molecule has 2 heterocycles. The van der Waals surface area contributed by atoms with Gasteiger partial charge in [0.1, 0.15) is 0 Å². The van der Waals surface area contributed by atoms with Crippen LogP contribution in [-0.2, 0) is 9.63 Å². The Kier molecular flexibility index (Phi) is 3.87. The van der Waals surface area contributed by atoms with Gasteiger partial charge in [0.15, 0.2) is 0 Å². The lowest BCUT2D eigenvalue weighted by molar-refractivity contribution is -0.143. The fraction of sp³-hybridized carbons (Fsp3) is 0.600. The molecular formula is C20H25ClN2O2. The van der Waals surface area contributed by atoms with Gasteiger partial charge in [-0.1, -0.05) is 49.7 Å². The molecule has 4 rings (SSSR count). The summed E-state index contributed by atoms with van der Waals surface area (Å²) in [4.78, 5) is 20.7. The second-order valence-corrected chi connectivity index (χ2v) is 9.46. The molecule has 2 aliphatic heterocycles. The van der Waals surface area contributed by atoms with Gasteiger partial charge >= 0.3 is 0 Å². The maximum absolute atomic E-state index is 13.1. The van der Waals surface area contributed by atoms with E-state index < -0.39 is 6.10 Å². The number of benzene rings is 1. The van der Waals surface area contributed by atoms with Gasteiger partial charge in [-0.15, -0.1) is 0 Å². The first-order chi connectivity index (χ1) is 11.7. The summed E-state index contributed by atoms with van der Waals surface area (Å²) < 4.78 is 0. The van der Waals surface area contributed by atoms with Crippen LogP contribution in [0.25, 0.3) is 0 Å². The van der Waals surface area contributed by atoms with Crippen LogP contribution >= 0.6 is 11.6 Å². The Morgan fingerprint density at radius 3 is 2.68 bits per heavy atom. The largest absolute Gasteiger partial charge is 0.382 e. The molecule has 3 atom stereocenters. The number of rotatable bonds is 2.